The average molecular weight is 500 g/mol. The first-order valence-electron chi connectivity index (χ1n) is 10.6. The van der Waals surface area contributed by atoms with E-state index in [1.807, 2.05) is 0 Å². The van der Waals surface area contributed by atoms with E-state index in [1.165, 1.54) is 18.2 Å². The molecule has 10 heteroatoms. The number of amides is 2. The number of rotatable bonds is 6. The maximum atomic E-state index is 13.2. The summed E-state index contributed by atoms with van der Waals surface area (Å²) in [5.41, 5.74) is 5.00. The Bertz CT molecular complexity index is 1170. The van der Waals surface area contributed by atoms with Crippen molar-refractivity contribution in [2.24, 2.45) is 11.0 Å². The highest BCUT2D eigenvalue weighted by atomic mass is 35.5. The van der Waals surface area contributed by atoms with Crippen LogP contribution < -0.4 is 14.9 Å². The number of nitrogens with one attached hydrogen (secondary N) is 2. The molecular formula is C24H26ClN5O3S. The van der Waals surface area contributed by atoms with Gasteiger partial charge in [0.1, 0.15) is 10.9 Å². The number of carbonyl (C=O) groups is 2. The van der Waals surface area contributed by atoms with Crippen LogP contribution in [0.4, 0.5) is 0 Å². The van der Waals surface area contributed by atoms with Crippen molar-refractivity contribution in [3.05, 3.63) is 46.7 Å². The average Bonchev–Trinajstić information content (AvgIpc) is 3.65. The van der Waals surface area contributed by atoms with Gasteiger partial charge in [-0.2, -0.15) is 5.10 Å². The van der Waals surface area contributed by atoms with E-state index in [0.29, 0.717) is 33.4 Å². The quantitative estimate of drug-likeness (QED) is 0.158. The summed E-state index contributed by atoms with van der Waals surface area (Å²) in [6, 6.07) is 6.87. The smallest absolute Gasteiger partial charge is 0.262 e. The lowest BCUT2D eigenvalue weighted by molar-refractivity contribution is -0.127. The van der Waals surface area contributed by atoms with Gasteiger partial charge in [0.2, 0.25) is 5.91 Å². The first kappa shape index (κ1) is 25.4. The molecular weight excluding hydrogens is 474 g/mol. The zero-order valence-corrected chi connectivity index (χ0v) is 21.0. The maximum absolute atomic E-state index is 13.2. The Kier molecular flexibility index (Phi) is 8.79. The minimum Gasteiger partial charge on any atom is -0.494 e. The molecule has 1 aromatic carbocycles. The van der Waals surface area contributed by atoms with E-state index < -0.39 is 0 Å². The molecule has 2 N–H and O–H groups in total. The molecule has 8 nitrogen and oxygen atoms in total. The van der Waals surface area contributed by atoms with E-state index >= 15 is 0 Å². The lowest BCUT2D eigenvalue weighted by Crippen LogP contribution is -2.24. The fourth-order valence-electron chi connectivity index (χ4n) is 2.96. The van der Waals surface area contributed by atoms with Crippen molar-refractivity contribution in [1.29, 1.82) is 0 Å². The molecule has 0 aliphatic heterocycles. The summed E-state index contributed by atoms with van der Waals surface area (Å²) in [6.07, 6.45) is 3.88. The number of aromatic nitrogens is 1. The first-order valence-corrected chi connectivity index (χ1v) is 11.8. The Hall–Kier alpha value is -3.22. The van der Waals surface area contributed by atoms with Crippen LogP contribution in [-0.4, -0.2) is 55.0 Å². The monoisotopic (exact) mass is 499 g/mol. The van der Waals surface area contributed by atoms with Crippen LogP contribution in [0.1, 0.15) is 28.8 Å². The summed E-state index contributed by atoms with van der Waals surface area (Å²) >= 11 is 7.19. The third-order valence-corrected chi connectivity index (χ3v) is 5.82. The Labute approximate surface area is 208 Å². The minimum atomic E-state index is -0.350. The Morgan fingerprint density at radius 3 is 2.71 bits per heavy atom. The number of methoxy groups -OCH3 is 1. The number of hydrazone groups is 1. The highest BCUT2D eigenvalue weighted by molar-refractivity contribution is 8.13. The van der Waals surface area contributed by atoms with Crippen molar-refractivity contribution < 1.29 is 14.3 Å². The van der Waals surface area contributed by atoms with E-state index in [-0.39, 0.29) is 23.4 Å². The van der Waals surface area contributed by atoms with Gasteiger partial charge in [-0.3, -0.25) is 14.3 Å². The summed E-state index contributed by atoms with van der Waals surface area (Å²) in [4.78, 5) is 31.1. The van der Waals surface area contributed by atoms with Gasteiger partial charge in [-0.15, -0.1) is 0 Å². The van der Waals surface area contributed by atoms with Crippen molar-refractivity contribution in [2.45, 2.75) is 19.3 Å². The molecule has 34 heavy (non-hydrogen) atoms. The van der Waals surface area contributed by atoms with Crippen LogP contribution >= 0.6 is 23.5 Å². The molecule has 2 amide bonds. The SMILES string of the molecule is CN/N=C(/C#CC1CC1)SNC(=O)c1ccc(CC(=O)N(C)C)cc1-c1cc(Cl)ncc1OC. The topological polar surface area (TPSA) is 95.9 Å². The van der Waals surface area contributed by atoms with Crippen LogP contribution in [-0.2, 0) is 11.2 Å². The van der Waals surface area contributed by atoms with Gasteiger partial charge < -0.3 is 15.1 Å². The standard InChI is InChI=1S/C24H26ClN5O3S/c1-26-28-22(10-8-15-5-6-15)34-29-24(32)17-9-7-16(12-23(31)30(2)3)11-18(17)19-13-21(25)27-14-20(19)33-4/h7,9,11,13-15,26H,5-6,12H2,1-4H3,(H,29,32)/b28-22-. The molecule has 1 aliphatic rings. The van der Waals surface area contributed by atoms with E-state index in [1.54, 1.807) is 45.4 Å². The van der Waals surface area contributed by atoms with Gasteiger partial charge in [0.25, 0.3) is 5.91 Å². The van der Waals surface area contributed by atoms with Gasteiger partial charge in [-0.1, -0.05) is 23.6 Å². The van der Waals surface area contributed by atoms with Crippen molar-refractivity contribution >= 4 is 40.4 Å². The second kappa shape index (κ2) is 11.8. The number of ether oxygens (including phenoxy) is 1. The molecule has 0 bridgehead atoms. The lowest BCUT2D eigenvalue weighted by atomic mass is 9.95. The third kappa shape index (κ3) is 6.89. The number of pyridine rings is 1. The van der Waals surface area contributed by atoms with Crippen LogP contribution in [0.25, 0.3) is 11.1 Å². The molecule has 1 heterocycles. The lowest BCUT2D eigenvalue weighted by Gasteiger charge is -2.16. The van der Waals surface area contributed by atoms with Crippen LogP contribution in [0.15, 0.2) is 35.6 Å². The van der Waals surface area contributed by atoms with Crippen molar-refractivity contribution in [3.63, 3.8) is 0 Å². The first-order chi connectivity index (χ1) is 16.3. The third-order valence-electron chi connectivity index (χ3n) is 4.94. The van der Waals surface area contributed by atoms with Crippen LogP contribution in [0.5, 0.6) is 5.75 Å². The fourth-order valence-corrected chi connectivity index (χ4v) is 3.67. The molecule has 0 unspecified atom stereocenters. The highest BCUT2D eigenvalue weighted by Gasteiger charge is 2.20. The van der Waals surface area contributed by atoms with Crippen molar-refractivity contribution in [1.82, 2.24) is 20.0 Å². The second-order valence-corrected chi connectivity index (χ2v) is 8.95. The summed E-state index contributed by atoms with van der Waals surface area (Å²) < 4.78 is 8.27. The molecule has 2 aromatic rings. The van der Waals surface area contributed by atoms with Crippen molar-refractivity contribution in [3.8, 4) is 28.7 Å². The van der Waals surface area contributed by atoms with Gasteiger partial charge in [-0.25, -0.2) is 4.98 Å². The Morgan fingerprint density at radius 2 is 2.06 bits per heavy atom. The zero-order chi connectivity index (χ0) is 24.7. The molecule has 1 saturated carbocycles. The van der Waals surface area contributed by atoms with E-state index in [4.69, 9.17) is 16.3 Å². The molecule has 0 saturated heterocycles. The normalized spacial score (nSPS) is 12.9. The number of halogens is 1. The van der Waals surface area contributed by atoms with E-state index in [9.17, 15) is 9.59 Å². The second-order valence-electron chi connectivity index (χ2n) is 7.77. The molecule has 178 valence electrons. The minimum absolute atomic E-state index is 0.0550. The van der Waals surface area contributed by atoms with Crippen LogP contribution in [0, 0.1) is 17.8 Å². The summed E-state index contributed by atoms with van der Waals surface area (Å²) in [5.74, 6) is 6.59. The van der Waals surface area contributed by atoms with E-state index in [2.05, 4.69) is 32.1 Å². The molecule has 0 spiro atoms. The number of likely N-dealkylation sites (N-methyl/N-ethyl adjacent to an activating group) is 1. The number of nitrogens with zero attached hydrogens (tertiary/aromatic N) is 3. The molecule has 1 aliphatic carbocycles. The molecule has 3 rings (SSSR count). The summed E-state index contributed by atoms with van der Waals surface area (Å²) in [7, 11) is 6.59. The van der Waals surface area contributed by atoms with E-state index in [0.717, 1.165) is 30.4 Å². The molecule has 0 radical (unpaired) electrons. The van der Waals surface area contributed by atoms with Crippen molar-refractivity contribution in [2.75, 3.05) is 28.3 Å². The largest absolute Gasteiger partial charge is 0.494 e. The van der Waals surface area contributed by atoms with Gasteiger partial charge >= 0.3 is 0 Å². The Morgan fingerprint density at radius 1 is 1.29 bits per heavy atom. The summed E-state index contributed by atoms with van der Waals surface area (Å²) in [6.45, 7) is 0. The van der Waals surface area contributed by atoms with Crippen LogP contribution in [0.3, 0.4) is 0 Å². The van der Waals surface area contributed by atoms with Gasteiger partial charge in [0, 0.05) is 50.1 Å². The predicted octanol–water partition coefficient (Wildman–Crippen LogP) is 3.37. The number of benzene rings is 1. The van der Waals surface area contributed by atoms with Crippen LogP contribution in [0.2, 0.25) is 5.15 Å². The fraction of sp³-hybridized carbons (Fsp3) is 0.333. The number of hydrogen-bond acceptors (Lipinski definition) is 7. The number of carbonyl (C=O) groups excluding carboxylic acids is 2. The molecule has 0 atom stereocenters. The van der Waals surface area contributed by atoms with Gasteiger partial charge in [0.05, 0.1) is 19.7 Å². The Balaban J connectivity index is 1.94. The molecule has 1 fully saturated rings. The molecule has 1 aromatic heterocycles. The highest BCUT2D eigenvalue weighted by Crippen LogP contribution is 2.34. The number of hydrogen-bond donors (Lipinski definition) is 2. The van der Waals surface area contributed by atoms with Gasteiger partial charge in [-0.05, 0) is 48.1 Å². The maximum Gasteiger partial charge on any atom is 0.262 e. The summed E-state index contributed by atoms with van der Waals surface area (Å²) in [5, 5.41) is 4.84. The predicted molar refractivity (Wildman–Crippen MR) is 136 cm³/mol. The zero-order valence-electron chi connectivity index (χ0n) is 19.4. The van der Waals surface area contributed by atoms with Gasteiger partial charge in [0.15, 0.2) is 5.04 Å².